The van der Waals surface area contributed by atoms with Gasteiger partial charge in [0.2, 0.25) is 5.91 Å². The Morgan fingerprint density at radius 1 is 1.65 bits per heavy atom. The van der Waals surface area contributed by atoms with Gasteiger partial charge in [-0.2, -0.15) is 0 Å². The lowest BCUT2D eigenvalue weighted by atomic mass is 10.3. The molecule has 0 aromatic carbocycles. The summed E-state index contributed by atoms with van der Waals surface area (Å²) >= 11 is 1.25. The Labute approximate surface area is 103 Å². The molecule has 6 heteroatoms. The summed E-state index contributed by atoms with van der Waals surface area (Å²) in [4.78, 5) is 26.3. The Morgan fingerprint density at radius 2 is 2.29 bits per heavy atom. The molecular formula is C11H14N2O3S. The number of aromatic nitrogens is 1. The molecule has 0 bridgehead atoms. The van der Waals surface area contributed by atoms with Gasteiger partial charge >= 0.3 is 5.97 Å². The zero-order valence-electron chi connectivity index (χ0n) is 9.64. The highest BCUT2D eigenvalue weighted by Crippen LogP contribution is 2.38. The predicted octanol–water partition coefficient (Wildman–Crippen LogP) is 1.67. The lowest BCUT2D eigenvalue weighted by molar-refractivity contribution is -0.123. The molecule has 0 aliphatic heterocycles. The van der Waals surface area contributed by atoms with Crippen LogP contribution in [0.3, 0.4) is 0 Å². The Kier molecular flexibility index (Phi) is 3.15. The number of thiazole rings is 1. The zero-order chi connectivity index (χ0) is 12.6. The molecule has 1 heterocycles. The van der Waals surface area contributed by atoms with Crippen molar-refractivity contribution in [3.63, 3.8) is 0 Å². The van der Waals surface area contributed by atoms with Gasteiger partial charge < -0.3 is 10.4 Å². The van der Waals surface area contributed by atoms with Crippen molar-refractivity contribution in [2.24, 2.45) is 11.8 Å². The number of amides is 1. The minimum Gasteiger partial charge on any atom is -0.476 e. The summed E-state index contributed by atoms with van der Waals surface area (Å²) < 4.78 is 0. The van der Waals surface area contributed by atoms with Crippen molar-refractivity contribution in [3.8, 4) is 0 Å². The summed E-state index contributed by atoms with van der Waals surface area (Å²) in [5.74, 6) is -0.414. The third-order valence-corrected chi connectivity index (χ3v) is 3.94. The molecular weight excluding hydrogens is 240 g/mol. The zero-order valence-corrected chi connectivity index (χ0v) is 10.5. The van der Waals surface area contributed by atoms with Gasteiger partial charge in [-0.25, -0.2) is 9.78 Å². The number of rotatable bonds is 4. The first-order chi connectivity index (χ1) is 7.99. The molecule has 1 aliphatic rings. The summed E-state index contributed by atoms with van der Waals surface area (Å²) in [6, 6.07) is -0.228. The van der Waals surface area contributed by atoms with E-state index in [0.717, 1.165) is 6.42 Å². The van der Waals surface area contributed by atoms with Gasteiger partial charge in [0.15, 0.2) is 5.69 Å². The number of hydrogen-bond acceptors (Lipinski definition) is 4. The number of carbonyl (C=O) groups is 2. The standard InChI is InChI=1S/C11H14N2O3S/c1-5-3-7(5)9(14)12-6(2)10-13-8(4-17-10)11(15)16/h4-7H,3H2,1-2H3,(H,12,14)(H,15,16). The lowest BCUT2D eigenvalue weighted by Crippen LogP contribution is -2.28. The number of nitrogens with zero attached hydrogens (tertiary/aromatic N) is 1. The first-order valence-electron chi connectivity index (χ1n) is 5.48. The van der Waals surface area contributed by atoms with E-state index in [1.165, 1.54) is 16.7 Å². The highest BCUT2D eigenvalue weighted by molar-refractivity contribution is 7.09. The van der Waals surface area contributed by atoms with Crippen LogP contribution in [0.25, 0.3) is 0 Å². The van der Waals surface area contributed by atoms with E-state index in [9.17, 15) is 9.59 Å². The van der Waals surface area contributed by atoms with Gasteiger partial charge in [-0.1, -0.05) is 6.92 Å². The van der Waals surface area contributed by atoms with Crippen LogP contribution in [0.5, 0.6) is 0 Å². The van der Waals surface area contributed by atoms with Gasteiger partial charge in [0.05, 0.1) is 6.04 Å². The van der Waals surface area contributed by atoms with Gasteiger partial charge in [-0.3, -0.25) is 4.79 Å². The van der Waals surface area contributed by atoms with Crippen molar-refractivity contribution >= 4 is 23.2 Å². The van der Waals surface area contributed by atoms with Crippen LogP contribution >= 0.6 is 11.3 Å². The minimum absolute atomic E-state index is 0.0332. The second-order valence-electron chi connectivity index (χ2n) is 4.43. The summed E-state index contributed by atoms with van der Waals surface area (Å²) in [6.07, 6.45) is 0.941. The summed E-state index contributed by atoms with van der Waals surface area (Å²) in [5, 5.41) is 13.7. The molecule has 1 saturated carbocycles. The largest absolute Gasteiger partial charge is 0.476 e. The first-order valence-corrected chi connectivity index (χ1v) is 6.36. The molecule has 1 fully saturated rings. The molecule has 92 valence electrons. The number of carboxylic acid groups (broad SMARTS) is 1. The van der Waals surface area contributed by atoms with E-state index in [-0.39, 0.29) is 23.6 Å². The van der Waals surface area contributed by atoms with Crippen molar-refractivity contribution in [3.05, 3.63) is 16.1 Å². The van der Waals surface area contributed by atoms with Gasteiger partial charge in [0.1, 0.15) is 5.01 Å². The molecule has 0 spiro atoms. The van der Waals surface area contributed by atoms with Crippen LogP contribution in [0.2, 0.25) is 0 Å². The molecule has 17 heavy (non-hydrogen) atoms. The van der Waals surface area contributed by atoms with Gasteiger partial charge in [-0.15, -0.1) is 11.3 Å². The predicted molar refractivity (Wildman–Crippen MR) is 62.9 cm³/mol. The third-order valence-electron chi connectivity index (χ3n) is 2.92. The molecule has 1 aromatic rings. The van der Waals surface area contributed by atoms with E-state index >= 15 is 0 Å². The maximum Gasteiger partial charge on any atom is 0.355 e. The lowest BCUT2D eigenvalue weighted by Gasteiger charge is -2.10. The highest BCUT2D eigenvalue weighted by atomic mass is 32.1. The van der Waals surface area contributed by atoms with Crippen LogP contribution in [0.15, 0.2) is 5.38 Å². The average Bonchev–Trinajstić information content (AvgIpc) is 2.82. The molecule has 3 unspecified atom stereocenters. The Balaban J connectivity index is 1.96. The number of aromatic carboxylic acids is 1. The molecule has 0 radical (unpaired) electrons. The average molecular weight is 254 g/mol. The molecule has 0 saturated heterocycles. The number of carboxylic acids is 1. The second-order valence-corrected chi connectivity index (χ2v) is 5.32. The first kappa shape index (κ1) is 12.0. The maximum absolute atomic E-state index is 11.7. The number of carbonyl (C=O) groups excluding carboxylic acids is 1. The third kappa shape index (κ3) is 2.63. The maximum atomic E-state index is 11.7. The van der Waals surface area contributed by atoms with E-state index < -0.39 is 5.97 Å². The van der Waals surface area contributed by atoms with Gasteiger partial charge in [-0.05, 0) is 19.3 Å². The monoisotopic (exact) mass is 254 g/mol. The molecule has 2 rings (SSSR count). The van der Waals surface area contributed by atoms with Crippen molar-refractivity contribution in [1.29, 1.82) is 0 Å². The normalized spacial score (nSPS) is 24.1. The molecule has 1 aliphatic carbocycles. The van der Waals surface area contributed by atoms with Crippen LogP contribution in [0, 0.1) is 11.8 Å². The van der Waals surface area contributed by atoms with Crippen molar-refractivity contribution in [2.75, 3.05) is 0 Å². The van der Waals surface area contributed by atoms with Crippen molar-refractivity contribution < 1.29 is 14.7 Å². The SMILES string of the molecule is CC(NC(=O)C1CC1C)c1nc(C(=O)O)cs1. The van der Waals surface area contributed by atoms with E-state index in [4.69, 9.17) is 5.11 Å². The molecule has 5 nitrogen and oxygen atoms in total. The van der Waals surface area contributed by atoms with E-state index in [1.54, 1.807) is 0 Å². The molecule has 2 N–H and O–H groups in total. The molecule has 3 atom stereocenters. The number of hydrogen-bond donors (Lipinski definition) is 2. The minimum atomic E-state index is -1.04. The van der Waals surface area contributed by atoms with Crippen LogP contribution in [-0.2, 0) is 4.79 Å². The van der Waals surface area contributed by atoms with Gasteiger partial charge in [0.25, 0.3) is 0 Å². The van der Waals surface area contributed by atoms with Gasteiger partial charge in [0, 0.05) is 11.3 Å². The molecule has 1 amide bonds. The summed E-state index contributed by atoms with van der Waals surface area (Å²) in [5.41, 5.74) is 0.0332. The summed E-state index contributed by atoms with van der Waals surface area (Å²) in [7, 11) is 0. The van der Waals surface area contributed by atoms with E-state index in [2.05, 4.69) is 10.3 Å². The van der Waals surface area contributed by atoms with E-state index in [1.807, 2.05) is 13.8 Å². The fourth-order valence-electron chi connectivity index (χ4n) is 1.65. The van der Waals surface area contributed by atoms with Crippen LogP contribution < -0.4 is 5.32 Å². The highest BCUT2D eigenvalue weighted by Gasteiger charge is 2.39. The summed E-state index contributed by atoms with van der Waals surface area (Å²) in [6.45, 7) is 3.86. The molecule has 1 aromatic heterocycles. The topological polar surface area (TPSA) is 79.3 Å². The smallest absolute Gasteiger partial charge is 0.355 e. The van der Waals surface area contributed by atoms with Crippen molar-refractivity contribution in [2.45, 2.75) is 26.3 Å². The van der Waals surface area contributed by atoms with Crippen LogP contribution in [0.1, 0.15) is 41.8 Å². The Hall–Kier alpha value is -1.43. The van der Waals surface area contributed by atoms with Crippen molar-refractivity contribution in [1.82, 2.24) is 10.3 Å². The Morgan fingerprint density at radius 3 is 2.76 bits per heavy atom. The fourth-order valence-corrected chi connectivity index (χ4v) is 2.45. The van der Waals surface area contributed by atoms with Crippen LogP contribution in [0.4, 0.5) is 0 Å². The second kappa shape index (κ2) is 4.44. The fraction of sp³-hybridized carbons (Fsp3) is 0.545. The Bertz CT molecular complexity index is 457. The number of nitrogens with one attached hydrogen (secondary N) is 1. The van der Waals surface area contributed by atoms with Crippen LogP contribution in [-0.4, -0.2) is 22.0 Å². The van der Waals surface area contributed by atoms with E-state index in [0.29, 0.717) is 10.9 Å². The quantitative estimate of drug-likeness (QED) is 0.856.